The van der Waals surface area contributed by atoms with Gasteiger partial charge in [-0.15, -0.1) is 0 Å². The number of pyridine rings is 1. The SMILES string of the molecule is OCCc1cccc2cncc(N=C(c3ccccc3)c3ccccc3)c12. The number of rotatable bonds is 5. The lowest BCUT2D eigenvalue weighted by Gasteiger charge is -2.11. The number of nitrogens with zero attached hydrogens (tertiary/aromatic N) is 2. The maximum absolute atomic E-state index is 9.46. The van der Waals surface area contributed by atoms with Crippen molar-refractivity contribution in [2.24, 2.45) is 4.99 Å². The molecule has 0 aliphatic heterocycles. The van der Waals surface area contributed by atoms with Gasteiger partial charge in [-0.1, -0.05) is 78.9 Å². The van der Waals surface area contributed by atoms with E-state index in [2.05, 4.69) is 29.2 Å². The molecule has 0 fully saturated rings. The zero-order chi connectivity index (χ0) is 18.5. The smallest absolute Gasteiger partial charge is 0.0901 e. The molecule has 0 aliphatic carbocycles. The van der Waals surface area contributed by atoms with E-state index in [0.29, 0.717) is 6.42 Å². The highest BCUT2D eigenvalue weighted by Crippen LogP contribution is 2.30. The Morgan fingerprint density at radius 3 is 2.07 bits per heavy atom. The lowest BCUT2D eigenvalue weighted by atomic mass is 10.0. The number of benzene rings is 3. The van der Waals surface area contributed by atoms with Gasteiger partial charge in [0.05, 0.1) is 17.6 Å². The summed E-state index contributed by atoms with van der Waals surface area (Å²) in [5.74, 6) is 0. The number of aliphatic hydroxyl groups excluding tert-OH is 1. The largest absolute Gasteiger partial charge is 0.396 e. The van der Waals surface area contributed by atoms with Crippen LogP contribution in [-0.4, -0.2) is 22.4 Å². The van der Waals surface area contributed by atoms with Gasteiger partial charge in [0.25, 0.3) is 0 Å². The fourth-order valence-corrected chi connectivity index (χ4v) is 3.31. The van der Waals surface area contributed by atoms with Crippen LogP contribution in [0.15, 0.2) is 96.2 Å². The molecule has 3 nitrogen and oxygen atoms in total. The van der Waals surface area contributed by atoms with Gasteiger partial charge >= 0.3 is 0 Å². The molecule has 3 heteroatoms. The van der Waals surface area contributed by atoms with Crippen molar-refractivity contribution in [3.63, 3.8) is 0 Å². The molecule has 0 saturated heterocycles. The van der Waals surface area contributed by atoms with Gasteiger partial charge in [0.2, 0.25) is 0 Å². The maximum atomic E-state index is 9.46. The summed E-state index contributed by atoms with van der Waals surface area (Å²) in [7, 11) is 0. The lowest BCUT2D eigenvalue weighted by Crippen LogP contribution is -2.03. The van der Waals surface area contributed by atoms with E-state index >= 15 is 0 Å². The van der Waals surface area contributed by atoms with Crippen LogP contribution in [0.5, 0.6) is 0 Å². The highest BCUT2D eigenvalue weighted by Gasteiger charge is 2.11. The Bertz CT molecular complexity index is 1030. The van der Waals surface area contributed by atoms with Crippen molar-refractivity contribution in [3.8, 4) is 0 Å². The molecule has 0 saturated carbocycles. The van der Waals surface area contributed by atoms with E-state index in [1.807, 2.05) is 60.8 Å². The Hall–Kier alpha value is -3.30. The number of aliphatic imine (C=N–C) groups is 1. The van der Waals surface area contributed by atoms with Gasteiger partial charge in [-0.2, -0.15) is 0 Å². The number of aliphatic hydroxyl groups is 1. The Morgan fingerprint density at radius 1 is 0.778 bits per heavy atom. The van der Waals surface area contributed by atoms with E-state index in [1.54, 1.807) is 6.20 Å². The number of hydrogen-bond acceptors (Lipinski definition) is 3. The molecule has 0 bridgehead atoms. The van der Waals surface area contributed by atoms with Crippen LogP contribution in [0.2, 0.25) is 0 Å². The molecule has 0 spiro atoms. The van der Waals surface area contributed by atoms with Gasteiger partial charge in [-0.25, -0.2) is 4.99 Å². The lowest BCUT2D eigenvalue weighted by molar-refractivity contribution is 0.300. The second-order valence-electron chi connectivity index (χ2n) is 6.34. The zero-order valence-corrected chi connectivity index (χ0v) is 14.9. The molecule has 0 aliphatic rings. The van der Waals surface area contributed by atoms with Crippen LogP contribution in [0.1, 0.15) is 16.7 Å². The van der Waals surface area contributed by atoms with E-state index in [4.69, 9.17) is 4.99 Å². The highest BCUT2D eigenvalue weighted by atomic mass is 16.2. The molecule has 1 aromatic heterocycles. The van der Waals surface area contributed by atoms with Crippen LogP contribution in [0.25, 0.3) is 10.8 Å². The Balaban J connectivity index is 1.96. The first kappa shape index (κ1) is 17.1. The molecule has 0 atom stereocenters. The van der Waals surface area contributed by atoms with Crippen LogP contribution in [0.4, 0.5) is 5.69 Å². The number of fused-ring (bicyclic) bond motifs is 1. The predicted molar refractivity (Wildman–Crippen MR) is 111 cm³/mol. The van der Waals surface area contributed by atoms with Gasteiger partial charge in [-0.3, -0.25) is 4.98 Å². The first-order valence-electron chi connectivity index (χ1n) is 9.03. The molecule has 27 heavy (non-hydrogen) atoms. The molecule has 132 valence electrons. The predicted octanol–water partition coefficient (Wildman–Crippen LogP) is 4.94. The van der Waals surface area contributed by atoms with Crippen molar-refractivity contribution < 1.29 is 5.11 Å². The minimum atomic E-state index is 0.106. The maximum Gasteiger partial charge on any atom is 0.0901 e. The summed E-state index contributed by atoms with van der Waals surface area (Å²) in [4.78, 5) is 9.43. The molecular formula is C24H20N2O. The first-order valence-corrected chi connectivity index (χ1v) is 9.03. The van der Waals surface area contributed by atoms with Crippen LogP contribution in [0, 0.1) is 0 Å². The van der Waals surface area contributed by atoms with Crippen molar-refractivity contribution in [3.05, 3.63) is 108 Å². The normalized spacial score (nSPS) is 10.7. The van der Waals surface area contributed by atoms with Crippen molar-refractivity contribution in [1.82, 2.24) is 4.98 Å². The molecule has 0 radical (unpaired) electrons. The summed E-state index contributed by atoms with van der Waals surface area (Å²) in [6.07, 6.45) is 4.24. The average Bonchev–Trinajstić information content (AvgIpc) is 2.73. The molecule has 3 aromatic carbocycles. The molecule has 1 N–H and O–H groups in total. The summed E-state index contributed by atoms with van der Waals surface area (Å²) >= 11 is 0. The Labute approximate surface area is 158 Å². The van der Waals surface area contributed by atoms with Gasteiger partial charge in [0.1, 0.15) is 0 Å². The van der Waals surface area contributed by atoms with E-state index < -0.39 is 0 Å². The first-order chi connectivity index (χ1) is 13.4. The summed E-state index contributed by atoms with van der Waals surface area (Å²) in [5.41, 5.74) is 4.92. The zero-order valence-electron chi connectivity index (χ0n) is 14.9. The molecule has 0 amide bonds. The third-order valence-corrected chi connectivity index (χ3v) is 4.56. The van der Waals surface area contributed by atoms with E-state index in [0.717, 1.165) is 38.9 Å². The van der Waals surface area contributed by atoms with Crippen LogP contribution < -0.4 is 0 Å². The minimum Gasteiger partial charge on any atom is -0.396 e. The Morgan fingerprint density at radius 2 is 1.44 bits per heavy atom. The quantitative estimate of drug-likeness (QED) is 0.517. The van der Waals surface area contributed by atoms with Gasteiger partial charge in [0.15, 0.2) is 0 Å². The summed E-state index contributed by atoms with van der Waals surface area (Å²) in [6.45, 7) is 0.106. The van der Waals surface area contributed by atoms with Gasteiger partial charge in [0, 0.05) is 34.7 Å². The Kier molecular flexibility index (Phi) is 5.04. The third-order valence-electron chi connectivity index (χ3n) is 4.56. The van der Waals surface area contributed by atoms with E-state index in [1.165, 1.54) is 0 Å². The van der Waals surface area contributed by atoms with Gasteiger partial charge < -0.3 is 5.11 Å². The molecule has 4 rings (SSSR count). The monoisotopic (exact) mass is 352 g/mol. The second kappa shape index (κ2) is 7.94. The fraction of sp³-hybridized carbons (Fsp3) is 0.0833. The van der Waals surface area contributed by atoms with Crippen LogP contribution in [0.3, 0.4) is 0 Å². The minimum absolute atomic E-state index is 0.106. The van der Waals surface area contributed by atoms with Crippen LogP contribution >= 0.6 is 0 Å². The van der Waals surface area contributed by atoms with Crippen LogP contribution in [-0.2, 0) is 6.42 Å². The second-order valence-corrected chi connectivity index (χ2v) is 6.34. The highest BCUT2D eigenvalue weighted by molar-refractivity contribution is 6.15. The van der Waals surface area contributed by atoms with Crippen molar-refractivity contribution in [1.29, 1.82) is 0 Å². The summed E-state index contributed by atoms with van der Waals surface area (Å²) < 4.78 is 0. The van der Waals surface area contributed by atoms with Gasteiger partial charge in [-0.05, 0) is 12.0 Å². The number of hydrogen-bond donors (Lipinski definition) is 1. The average molecular weight is 352 g/mol. The van der Waals surface area contributed by atoms with Crippen molar-refractivity contribution in [2.75, 3.05) is 6.61 Å². The molecule has 4 aromatic rings. The standard InChI is InChI=1S/C24H20N2O/c27-15-14-18-12-7-13-21-16-25-17-22(23(18)21)26-24(19-8-3-1-4-9-19)20-10-5-2-6-11-20/h1-13,16-17,27H,14-15H2. The van der Waals surface area contributed by atoms with E-state index in [9.17, 15) is 5.11 Å². The summed E-state index contributed by atoms with van der Waals surface area (Å²) in [6, 6.07) is 26.4. The van der Waals surface area contributed by atoms with E-state index in [-0.39, 0.29) is 6.61 Å². The fourth-order valence-electron chi connectivity index (χ4n) is 3.31. The molecule has 1 heterocycles. The van der Waals surface area contributed by atoms with Crippen molar-refractivity contribution >= 4 is 22.2 Å². The molecule has 0 unspecified atom stereocenters. The summed E-state index contributed by atoms with van der Waals surface area (Å²) in [5, 5.41) is 11.5. The van der Waals surface area contributed by atoms with Crippen molar-refractivity contribution in [2.45, 2.75) is 6.42 Å². The third kappa shape index (κ3) is 3.64. The topological polar surface area (TPSA) is 45.5 Å². The molecular weight excluding hydrogens is 332 g/mol. The number of aromatic nitrogens is 1.